The van der Waals surface area contributed by atoms with Gasteiger partial charge in [-0.15, -0.1) is 11.3 Å². The van der Waals surface area contributed by atoms with Gasteiger partial charge in [0.1, 0.15) is 5.00 Å². The second kappa shape index (κ2) is 7.71. The molecule has 2 heterocycles. The fourth-order valence-electron chi connectivity index (χ4n) is 3.73. The number of fused-ring (bicyclic) bond motifs is 1. The van der Waals surface area contributed by atoms with Crippen LogP contribution in [-0.2, 0) is 22.4 Å². The van der Waals surface area contributed by atoms with Gasteiger partial charge < -0.3 is 11.1 Å². The van der Waals surface area contributed by atoms with E-state index in [-0.39, 0.29) is 35.8 Å². The van der Waals surface area contributed by atoms with Crippen LogP contribution in [0.25, 0.3) is 0 Å². The first-order chi connectivity index (χ1) is 14.3. The minimum Gasteiger partial charge on any atom is -0.351 e. The quantitative estimate of drug-likeness (QED) is 0.642. The van der Waals surface area contributed by atoms with Gasteiger partial charge in [0.2, 0.25) is 11.8 Å². The zero-order chi connectivity index (χ0) is 21.4. The van der Waals surface area contributed by atoms with Gasteiger partial charge in [-0.05, 0) is 43.0 Å². The van der Waals surface area contributed by atoms with Gasteiger partial charge in [-0.3, -0.25) is 29.4 Å². The molecular formula is C20H18N4O5S. The van der Waals surface area contributed by atoms with E-state index in [1.807, 2.05) is 0 Å². The lowest BCUT2D eigenvalue weighted by atomic mass is 10.1. The summed E-state index contributed by atoms with van der Waals surface area (Å²) in [4.78, 5) is 62.4. The fourth-order valence-corrected chi connectivity index (χ4v) is 5.01. The summed E-state index contributed by atoms with van der Waals surface area (Å²) in [5, 5.41) is 5.12. The first-order valence-electron chi connectivity index (χ1n) is 9.37. The topological polar surface area (TPSA) is 139 Å². The van der Waals surface area contributed by atoms with Crippen LogP contribution in [0.2, 0.25) is 0 Å². The summed E-state index contributed by atoms with van der Waals surface area (Å²) >= 11 is 1.29. The molecule has 0 atom stereocenters. The summed E-state index contributed by atoms with van der Waals surface area (Å²) in [5.41, 5.74) is 6.70. The van der Waals surface area contributed by atoms with E-state index in [1.54, 1.807) is 18.2 Å². The number of nitrogens with zero attached hydrogens (tertiary/aromatic N) is 1. The molecule has 2 aliphatic rings. The van der Waals surface area contributed by atoms with Crippen LogP contribution >= 0.6 is 11.3 Å². The number of hydrogen-bond donors (Lipinski definition) is 3. The van der Waals surface area contributed by atoms with Gasteiger partial charge in [0.05, 0.1) is 11.3 Å². The van der Waals surface area contributed by atoms with Crippen LogP contribution in [0, 0.1) is 0 Å². The van der Waals surface area contributed by atoms with E-state index in [0.717, 1.165) is 28.2 Å². The molecular weight excluding hydrogens is 408 g/mol. The lowest BCUT2D eigenvalue weighted by Gasteiger charge is -2.15. The average molecular weight is 426 g/mol. The van der Waals surface area contributed by atoms with Crippen LogP contribution in [0.3, 0.4) is 0 Å². The summed E-state index contributed by atoms with van der Waals surface area (Å²) in [6, 6.07) is 5.21. The molecule has 4 N–H and O–H groups in total. The van der Waals surface area contributed by atoms with Crippen LogP contribution in [0.4, 0.5) is 15.5 Å². The van der Waals surface area contributed by atoms with Crippen LogP contribution in [0.5, 0.6) is 0 Å². The second-order valence-corrected chi connectivity index (χ2v) is 8.11. The number of primary amides is 1. The molecule has 2 aromatic rings. The minimum absolute atomic E-state index is 0.147. The number of nitrogens with two attached hydrogens (primary N) is 1. The Morgan fingerprint density at radius 2 is 1.73 bits per heavy atom. The van der Waals surface area contributed by atoms with Gasteiger partial charge in [0, 0.05) is 23.3 Å². The van der Waals surface area contributed by atoms with Crippen molar-refractivity contribution >= 4 is 51.7 Å². The van der Waals surface area contributed by atoms with Gasteiger partial charge in [0.15, 0.2) is 0 Å². The molecule has 6 amide bonds. The molecule has 1 aliphatic heterocycles. The Balaban J connectivity index is 1.61. The van der Waals surface area contributed by atoms with Crippen molar-refractivity contribution in [3.05, 3.63) is 45.8 Å². The van der Waals surface area contributed by atoms with Gasteiger partial charge in [-0.1, -0.05) is 6.07 Å². The van der Waals surface area contributed by atoms with E-state index >= 15 is 0 Å². The van der Waals surface area contributed by atoms with Gasteiger partial charge in [-0.25, -0.2) is 4.79 Å². The molecule has 1 aromatic heterocycles. The van der Waals surface area contributed by atoms with E-state index in [4.69, 9.17) is 5.73 Å². The van der Waals surface area contributed by atoms with Gasteiger partial charge in [0.25, 0.3) is 11.8 Å². The number of benzene rings is 1. The van der Waals surface area contributed by atoms with Crippen molar-refractivity contribution in [3.8, 4) is 0 Å². The second-order valence-electron chi connectivity index (χ2n) is 7.01. The van der Waals surface area contributed by atoms with E-state index in [2.05, 4.69) is 10.6 Å². The molecule has 9 nitrogen and oxygen atoms in total. The SMILES string of the molecule is NC(=O)NC(=O)c1c(NC(=O)c2cccc(N3C(=O)CCC3=O)c2)sc2c1CCC2. The minimum atomic E-state index is -0.970. The standard InChI is InChI=1S/C20H18N4O5S/c21-20(29)23-18(28)16-12-5-2-6-13(12)30-19(16)22-17(27)10-3-1-4-11(9-10)24-14(25)7-8-15(24)26/h1,3-4,9H,2,5-8H2,(H,22,27)(H3,21,23,28,29). The smallest absolute Gasteiger partial charge is 0.319 e. The molecule has 4 rings (SSSR count). The number of imide groups is 2. The Bertz CT molecular complexity index is 1090. The summed E-state index contributed by atoms with van der Waals surface area (Å²) in [6.07, 6.45) is 2.66. The number of anilines is 2. The Kier molecular flexibility index (Phi) is 5.08. The van der Waals surface area contributed by atoms with Crippen LogP contribution in [-0.4, -0.2) is 29.7 Å². The predicted molar refractivity (Wildman–Crippen MR) is 110 cm³/mol. The normalized spacial score (nSPS) is 15.3. The van der Waals surface area contributed by atoms with Gasteiger partial charge in [-0.2, -0.15) is 0 Å². The van der Waals surface area contributed by atoms with Crippen molar-refractivity contribution in [2.24, 2.45) is 5.73 Å². The predicted octanol–water partition coefficient (Wildman–Crippen LogP) is 1.95. The van der Waals surface area contributed by atoms with E-state index < -0.39 is 17.8 Å². The first kappa shape index (κ1) is 19.8. The summed E-state index contributed by atoms with van der Waals surface area (Å²) in [6.45, 7) is 0. The number of carbonyl (C=O) groups is 5. The maximum Gasteiger partial charge on any atom is 0.319 e. The van der Waals surface area contributed by atoms with Crippen molar-refractivity contribution in [3.63, 3.8) is 0 Å². The highest BCUT2D eigenvalue weighted by Crippen LogP contribution is 2.39. The third-order valence-electron chi connectivity index (χ3n) is 5.03. The highest BCUT2D eigenvalue weighted by atomic mass is 32.1. The van der Waals surface area contributed by atoms with Crippen molar-refractivity contribution < 1.29 is 24.0 Å². The van der Waals surface area contributed by atoms with Gasteiger partial charge >= 0.3 is 6.03 Å². The monoisotopic (exact) mass is 426 g/mol. The third-order valence-corrected chi connectivity index (χ3v) is 6.24. The molecule has 0 radical (unpaired) electrons. The number of nitrogens with one attached hydrogen (secondary N) is 2. The number of hydrogen-bond acceptors (Lipinski definition) is 6. The maximum absolute atomic E-state index is 12.9. The highest BCUT2D eigenvalue weighted by molar-refractivity contribution is 7.17. The highest BCUT2D eigenvalue weighted by Gasteiger charge is 2.31. The maximum atomic E-state index is 12.9. The molecule has 0 bridgehead atoms. The Morgan fingerprint density at radius 3 is 2.43 bits per heavy atom. The number of amides is 6. The molecule has 0 saturated carbocycles. The van der Waals surface area contributed by atoms with Crippen molar-refractivity contribution in [1.29, 1.82) is 0 Å². The molecule has 1 aromatic carbocycles. The van der Waals surface area contributed by atoms with Crippen molar-refractivity contribution in [2.45, 2.75) is 32.1 Å². The Hall–Kier alpha value is -3.53. The summed E-state index contributed by atoms with van der Waals surface area (Å²) in [7, 11) is 0. The number of carbonyl (C=O) groups excluding carboxylic acids is 5. The third kappa shape index (κ3) is 3.57. The average Bonchev–Trinajstić information content (AvgIpc) is 3.35. The van der Waals surface area contributed by atoms with Crippen LogP contribution < -0.4 is 21.3 Å². The van der Waals surface area contributed by atoms with E-state index in [0.29, 0.717) is 17.1 Å². The fraction of sp³-hybridized carbons (Fsp3) is 0.250. The number of urea groups is 1. The lowest BCUT2D eigenvalue weighted by Crippen LogP contribution is -2.35. The Morgan fingerprint density at radius 1 is 1.00 bits per heavy atom. The van der Waals surface area contributed by atoms with Crippen molar-refractivity contribution in [2.75, 3.05) is 10.2 Å². The lowest BCUT2D eigenvalue weighted by molar-refractivity contribution is -0.121. The number of thiophene rings is 1. The molecule has 0 spiro atoms. The molecule has 10 heteroatoms. The molecule has 1 aliphatic carbocycles. The summed E-state index contributed by atoms with van der Waals surface area (Å²) < 4.78 is 0. The first-order valence-corrected chi connectivity index (χ1v) is 10.2. The molecule has 1 fully saturated rings. The van der Waals surface area contributed by atoms with E-state index in [9.17, 15) is 24.0 Å². The Labute approximate surface area is 175 Å². The largest absolute Gasteiger partial charge is 0.351 e. The zero-order valence-corrected chi connectivity index (χ0v) is 16.6. The molecule has 154 valence electrons. The molecule has 1 saturated heterocycles. The number of rotatable bonds is 4. The molecule has 0 unspecified atom stereocenters. The van der Waals surface area contributed by atoms with E-state index in [1.165, 1.54) is 17.4 Å². The zero-order valence-electron chi connectivity index (χ0n) is 15.8. The number of aryl methyl sites for hydroxylation is 1. The van der Waals surface area contributed by atoms with Crippen molar-refractivity contribution in [1.82, 2.24) is 5.32 Å². The van der Waals surface area contributed by atoms with Crippen LogP contribution in [0.1, 0.15) is 50.4 Å². The van der Waals surface area contributed by atoms with Crippen LogP contribution in [0.15, 0.2) is 24.3 Å². The summed E-state index contributed by atoms with van der Waals surface area (Å²) in [5.74, 6) is -1.77. The molecule has 30 heavy (non-hydrogen) atoms.